The second kappa shape index (κ2) is 8.81. The number of hydrogen-bond donors (Lipinski definition) is 1. The molecule has 0 radical (unpaired) electrons. The summed E-state index contributed by atoms with van der Waals surface area (Å²) in [7, 11) is 0. The molecule has 1 aromatic heterocycles. The van der Waals surface area contributed by atoms with Crippen molar-refractivity contribution in [3.63, 3.8) is 0 Å². The molecule has 178 valence electrons. The number of rotatable bonds is 3. The fourth-order valence-electron chi connectivity index (χ4n) is 5.79. The van der Waals surface area contributed by atoms with Crippen molar-refractivity contribution in [1.82, 2.24) is 14.9 Å². The van der Waals surface area contributed by atoms with Crippen molar-refractivity contribution in [2.75, 3.05) is 0 Å². The number of halogens is 1. The van der Waals surface area contributed by atoms with Crippen LogP contribution in [-0.2, 0) is 0 Å². The number of carbonyl (C=O) groups excluding carboxylic acids is 1. The van der Waals surface area contributed by atoms with E-state index in [1.807, 2.05) is 47.4 Å². The predicted molar refractivity (Wildman–Crippen MR) is 135 cm³/mol. The number of hydrogen-bond acceptors (Lipinski definition) is 5. The van der Waals surface area contributed by atoms with Crippen LogP contribution in [0.1, 0.15) is 41.6 Å². The summed E-state index contributed by atoms with van der Waals surface area (Å²) in [4.78, 5) is 24.1. The van der Waals surface area contributed by atoms with Gasteiger partial charge in [0.2, 0.25) is 0 Å². The summed E-state index contributed by atoms with van der Waals surface area (Å²) in [6, 6.07) is 18.4. The molecule has 6 nitrogen and oxygen atoms in total. The lowest BCUT2D eigenvalue weighted by molar-refractivity contribution is 0.0575. The van der Waals surface area contributed by atoms with E-state index < -0.39 is 5.82 Å². The van der Waals surface area contributed by atoms with Gasteiger partial charge < -0.3 is 10.6 Å². The lowest BCUT2D eigenvalue weighted by atomic mass is 9.91. The molecule has 4 aromatic rings. The van der Waals surface area contributed by atoms with Gasteiger partial charge in [0.15, 0.2) is 0 Å². The predicted octanol–water partition coefficient (Wildman–Crippen LogP) is 5.07. The molecule has 0 spiro atoms. The van der Waals surface area contributed by atoms with Crippen LogP contribution in [0.4, 0.5) is 4.39 Å². The Morgan fingerprint density at radius 3 is 2.50 bits per heavy atom. The maximum Gasteiger partial charge on any atom is 0.254 e. The van der Waals surface area contributed by atoms with Gasteiger partial charge in [-0.3, -0.25) is 4.79 Å². The number of nitrogens with two attached hydrogens (primary N) is 1. The van der Waals surface area contributed by atoms with E-state index in [9.17, 15) is 14.4 Å². The molecule has 6 rings (SSSR count). The number of benzene rings is 3. The minimum atomic E-state index is -0.590. The second-order valence-corrected chi connectivity index (χ2v) is 9.69. The van der Waals surface area contributed by atoms with E-state index in [1.165, 1.54) is 18.5 Å². The van der Waals surface area contributed by atoms with Crippen LogP contribution in [-0.4, -0.2) is 38.9 Å². The molecule has 1 amide bonds. The Bertz CT molecular complexity index is 1530. The van der Waals surface area contributed by atoms with E-state index in [0.717, 1.165) is 53.3 Å². The summed E-state index contributed by atoms with van der Waals surface area (Å²) in [5.74, 6) is -0.601. The van der Waals surface area contributed by atoms with Crippen molar-refractivity contribution < 1.29 is 9.18 Å². The van der Waals surface area contributed by atoms with Gasteiger partial charge in [-0.1, -0.05) is 18.2 Å². The Labute approximate surface area is 208 Å². The maximum atomic E-state index is 14.6. The molecule has 0 saturated carbocycles. The molecule has 2 aliphatic rings. The summed E-state index contributed by atoms with van der Waals surface area (Å²) < 4.78 is 14.6. The van der Waals surface area contributed by atoms with Crippen molar-refractivity contribution in [2.45, 2.75) is 43.8 Å². The molecule has 2 saturated heterocycles. The second-order valence-electron chi connectivity index (χ2n) is 9.69. The average molecular weight is 478 g/mol. The number of piperidine rings is 1. The third-order valence-electron chi connectivity index (χ3n) is 7.49. The van der Waals surface area contributed by atoms with E-state index in [0.29, 0.717) is 11.1 Å². The molecule has 3 heterocycles. The molecule has 2 atom stereocenters. The zero-order valence-corrected chi connectivity index (χ0v) is 19.6. The molecular formula is C29H24FN5O. The zero-order chi connectivity index (χ0) is 24.8. The van der Waals surface area contributed by atoms with Gasteiger partial charge in [0.25, 0.3) is 5.91 Å². The van der Waals surface area contributed by atoms with Gasteiger partial charge in [0.05, 0.1) is 11.1 Å². The molecule has 2 aliphatic heterocycles. The van der Waals surface area contributed by atoms with Crippen molar-refractivity contribution in [2.24, 2.45) is 5.73 Å². The van der Waals surface area contributed by atoms with Crippen LogP contribution in [0.25, 0.3) is 33.2 Å². The highest BCUT2D eigenvalue weighted by atomic mass is 19.1. The molecule has 36 heavy (non-hydrogen) atoms. The minimum absolute atomic E-state index is 0.0109. The lowest BCUT2D eigenvalue weighted by Crippen LogP contribution is -2.50. The molecule has 0 aliphatic carbocycles. The Morgan fingerprint density at radius 2 is 1.75 bits per heavy atom. The average Bonchev–Trinajstić information content (AvgIpc) is 3.18. The van der Waals surface area contributed by atoms with Gasteiger partial charge in [0.1, 0.15) is 18.2 Å². The van der Waals surface area contributed by atoms with Gasteiger partial charge in [-0.15, -0.1) is 0 Å². The summed E-state index contributed by atoms with van der Waals surface area (Å²) in [6.45, 7) is 0. The molecular weight excluding hydrogens is 453 g/mol. The van der Waals surface area contributed by atoms with Crippen LogP contribution < -0.4 is 5.73 Å². The number of carbonyl (C=O) groups is 1. The lowest BCUT2D eigenvalue weighted by Gasteiger charge is -2.38. The fraction of sp³-hybridized carbons (Fsp3) is 0.241. The van der Waals surface area contributed by atoms with Crippen LogP contribution in [0.15, 0.2) is 67.1 Å². The van der Waals surface area contributed by atoms with E-state index >= 15 is 0 Å². The first-order chi connectivity index (χ1) is 17.5. The van der Waals surface area contributed by atoms with Crippen LogP contribution in [0, 0.1) is 17.1 Å². The summed E-state index contributed by atoms with van der Waals surface area (Å²) in [5.41, 5.74) is 10.7. The summed E-state index contributed by atoms with van der Waals surface area (Å²) in [5, 5.41) is 10.1. The molecule has 7 heteroatoms. The number of amides is 1. The highest BCUT2D eigenvalue weighted by molar-refractivity contribution is 5.99. The smallest absolute Gasteiger partial charge is 0.254 e. The third-order valence-corrected chi connectivity index (χ3v) is 7.49. The standard InChI is InChI=1S/C29H24FN5O/c30-27-11-18(1-2-20(27)14-31)26-10-19(29(36)35-23-5-6-24(35)13-22(32)12-23)3-7-25(26)17-4-8-28-21(9-17)15-33-16-34-28/h1-4,7-11,15-16,22-24H,5-6,12-13,32H2. The van der Waals surface area contributed by atoms with E-state index in [-0.39, 0.29) is 29.6 Å². The highest BCUT2D eigenvalue weighted by Crippen LogP contribution is 2.39. The first-order valence-corrected chi connectivity index (χ1v) is 12.1. The van der Waals surface area contributed by atoms with Gasteiger partial charge >= 0.3 is 0 Å². The minimum Gasteiger partial charge on any atom is -0.333 e. The molecule has 2 bridgehead atoms. The quantitative estimate of drug-likeness (QED) is 0.445. The first-order valence-electron chi connectivity index (χ1n) is 12.1. The van der Waals surface area contributed by atoms with Crippen LogP contribution in [0.3, 0.4) is 0 Å². The van der Waals surface area contributed by atoms with Gasteiger partial charge in [-0.05, 0) is 84.3 Å². The fourth-order valence-corrected chi connectivity index (χ4v) is 5.79. The van der Waals surface area contributed by atoms with E-state index in [2.05, 4.69) is 9.97 Å². The van der Waals surface area contributed by atoms with Crippen LogP contribution in [0.5, 0.6) is 0 Å². The molecule has 3 aromatic carbocycles. The largest absolute Gasteiger partial charge is 0.333 e. The summed E-state index contributed by atoms with van der Waals surface area (Å²) >= 11 is 0. The van der Waals surface area contributed by atoms with E-state index in [4.69, 9.17) is 5.73 Å². The van der Waals surface area contributed by atoms with Crippen LogP contribution in [0.2, 0.25) is 0 Å². The van der Waals surface area contributed by atoms with Crippen molar-refractivity contribution in [3.8, 4) is 28.3 Å². The third kappa shape index (κ3) is 3.80. The normalized spacial score (nSPS) is 20.9. The number of nitrogens with zero attached hydrogens (tertiary/aromatic N) is 4. The van der Waals surface area contributed by atoms with Crippen molar-refractivity contribution >= 4 is 16.8 Å². The Kier molecular flexibility index (Phi) is 5.46. The number of fused-ring (bicyclic) bond motifs is 3. The highest BCUT2D eigenvalue weighted by Gasteiger charge is 2.42. The van der Waals surface area contributed by atoms with E-state index in [1.54, 1.807) is 12.3 Å². The monoisotopic (exact) mass is 477 g/mol. The van der Waals surface area contributed by atoms with Gasteiger partial charge in [0, 0.05) is 35.3 Å². The number of aromatic nitrogens is 2. The molecule has 2 fully saturated rings. The summed E-state index contributed by atoms with van der Waals surface area (Å²) in [6.07, 6.45) is 6.88. The first kappa shape index (κ1) is 22.3. The topological polar surface area (TPSA) is 95.9 Å². The van der Waals surface area contributed by atoms with Crippen molar-refractivity contribution in [3.05, 3.63) is 84.1 Å². The molecule has 2 N–H and O–H groups in total. The van der Waals surface area contributed by atoms with Gasteiger partial charge in [-0.25, -0.2) is 14.4 Å². The molecule has 2 unspecified atom stereocenters. The van der Waals surface area contributed by atoms with Crippen molar-refractivity contribution in [1.29, 1.82) is 5.26 Å². The SMILES string of the molecule is N#Cc1ccc(-c2cc(C(=O)N3C4CCC3CC(N)C4)ccc2-c2ccc3ncncc3c2)cc1F. The Hall–Kier alpha value is -4.15. The van der Waals surface area contributed by atoms with Crippen LogP contribution >= 0.6 is 0 Å². The maximum absolute atomic E-state index is 14.6. The van der Waals surface area contributed by atoms with Gasteiger partial charge in [-0.2, -0.15) is 5.26 Å². The Balaban J connectivity index is 1.47. The Morgan fingerprint density at radius 1 is 1.00 bits per heavy atom. The number of nitriles is 1. The zero-order valence-electron chi connectivity index (χ0n) is 19.6.